The maximum Gasteiger partial charge on any atom is 0.271 e. The van der Waals surface area contributed by atoms with Crippen molar-refractivity contribution in [2.45, 2.75) is 50.3 Å². The van der Waals surface area contributed by atoms with E-state index in [2.05, 4.69) is 12.2 Å². The summed E-state index contributed by atoms with van der Waals surface area (Å²) in [6, 6.07) is 3.52. The molecule has 1 heterocycles. The van der Waals surface area contributed by atoms with Crippen LogP contribution in [0.2, 0.25) is 0 Å². The molecule has 0 aliphatic heterocycles. The van der Waals surface area contributed by atoms with Crippen molar-refractivity contribution in [3.8, 4) is 0 Å². The van der Waals surface area contributed by atoms with Crippen LogP contribution in [-0.2, 0) is 16.6 Å². The average molecular weight is 298 g/mol. The van der Waals surface area contributed by atoms with Gasteiger partial charge in [-0.25, -0.2) is 13.6 Å². The van der Waals surface area contributed by atoms with Crippen LogP contribution in [0.5, 0.6) is 0 Å². The molecule has 0 radical (unpaired) electrons. The molecule has 112 valence electrons. The van der Waals surface area contributed by atoms with Gasteiger partial charge in [-0.2, -0.15) is 0 Å². The number of nitrogens with two attached hydrogens (primary N) is 1. The zero-order valence-corrected chi connectivity index (χ0v) is 12.5. The van der Waals surface area contributed by atoms with Gasteiger partial charge >= 0.3 is 0 Å². The molecule has 2 fully saturated rings. The minimum atomic E-state index is -3.74. The standard InChI is InChI=1S/C14H22N2O3S/c1-9(13-7-10-2-3-11(13)6-10)16-8-12-4-5-14(19-12)20(15,17)18/h4-5,9-11,13,16H,2-3,6-8H2,1H3,(H2,15,17,18). The highest BCUT2D eigenvalue weighted by Crippen LogP contribution is 2.49. The van der Waals surface area contributed by atoms with Crippen molar-refractivity contribution in [3.05, 3.63) is 17.9 Å². The van der Waals surface area contributed by atoms with Crippen molar-refractivity contribution in [2.75, 3.05) is 0 Å². The number of nitrogens with one attached hydrogen (secondary N) is 1. The predicted molar refractivity (Wildman–Crippen MR) is 75.3 cm³/mol. The van der Waals surface area contributed by atoms with Crippen molar-refractivity contribution in [2.24, 2.45) is 22.9 Å². The monoisotopic (exact) mass is 298 g/mol. The normalized spacial score (nSPS) is 30.8. The van der Waals surface area contributed by atoms with E-state index in [0.29, 0.717) is 18.3 Å². The van der Waals surface area contributed by atoms with Crippen LogP contribution >= 0.6 is 0 Å². The number of sulfonamides is 1. The van der Waals surface area contributed by atoms with Gasteiger partial charge in [0.1, 0.15) is 5.76 Å². The highest BCUT2D eigenvalue weighted by atomic mass is 32.2. The summed E-state index contributed by atoms with van der Waals surface area (Å²) >= 11 is 0. The lowest BCUT2D eigenvalue weighted by Crippen LogP contribution is -2.35. The molecule has 4 atom stereocenters. The number of rotatable bonds is 5. The molecule has 5 nitrogen and oxygen atoms in total. The number of furan rings is 1. The summed E-state index contributed by atoms with van der Waals surface area (Å²) < 4.78 is 27.5. The van der Waals surface area contributed by atoms with Gasteiger partial charge in [0, 0.05) is 6.04 Å². The van der Waals surface area contributed by atoms with Crippen LogP contribution in [0, 0.1) is 17.8 Å². The molecule has 20 heavy (non-hydrogen) atoms. The largest absolute Gasteiger partial charge is 0.447 e. The molecule has 2 aliphatic carbocycles. The fourth-order valence-corrected chi connectivity index (χ4v) is 4.41. The van der Waals surface area contributed by atoms with Crippen molar-refractivity contribution < 1.29 is 12.8 Å². The van der Waals surface area contributed by atoms with Crippen molar-refractivity contribution in [3.63, 3.8) is 0 Å². The van der Waals surface area contributed by atoms with Gasteiger partial charge in [0.25, 0.3) is 10.0 Å². The predicted octanol–water partition coefficient (Wildman–Crippen LogP) is 1.84. The van der Waals surface area contributed by atoms with Crippen molar-refractivity contribution in [1.82, 2.24) is 5.32 Å². The Bertz CT molecular complexity index is 581. The Kier molecular flexibility index (Phi) is 3.64. The average Bonchev–Trinajstić information content (AvgIpc) is 3.10. The summed E-state index contributed by atoms with van der Waals surface area (Å²) in [5.74, 6) is 3.18. The summed E-state index contributed by atoms with van der Waals surface area (Å²) in [6.07, 6.45) is 5.51. The number of primary sulfonamides is 1. The Morgan fingerprint density at radius 2 is 2.20 bits per heavy atom. The SMILES string of the molecule is CC(NCc1ccc(S(N)(=O)=O)o1)C1CC2CCC1C2. The Hall–Kier alpha value is -0.850. The van der Waals surface area contributed by atoms with Crippen LogP contribution in [0.1, 0.15) is 38.4 Å². The second-order valence-corrected chi connectivity index (χ2v) is 7.77. The van der Waals surface area contributed by atoms with Crippen molar-refractivity contribution >= 4 is 10.0 Å². The molecule has 2 saturated carbocycles. The Balaban J connectivity index is 1.55. The number of hydrogen-bond donors (Lipinski definition) is 2. The van der Waals surface area contributed by atoms with E-state index < -0.39 is 10.0 Å². The van der Waals surface area contributed by atoms with E-state index in [9.17, 15) is 8.42 Å². The second kappa shape index (κ2) is 5.16. The molecule has 6 heteroatoms. The van der Waals surface area contributed by atoms with Crippen LogP contribution in [0.25, 0.3) is 0 Å². The first-order valence-electron chi connectivity index (χ1n) is 7.28. The quantitative estimate of drug-likeness (QED) is 0.868. The number of hydrogen-bond acceptors (Lipinski definition) is 4. The Morgan fingerprint density at radius 3 is 2.75 bits per heavy atom. The zero-order chi connectivity index (χ0) is 14.3. The Labute approximate surface area is 120 Å². The summed E-state index contributed by atoms with van der Waals surface area (Å²) in [4.78, 5) is 0. The van der Waals surface area contributed by atoms with Crippen LogP contribution in [0.3, 0.4) is 0 Å². The van der Waals surface area contributed by atoms with Crippen LogP contribution in [0.4, 0.5) is 0 Å². The van der Waals surface area contributed by atoms with Crippen molar-refractivity contribution in [1.29, 1.82) is 0 Å². The third-order valence-electron chi connectivity index (χ3n) is 4.95. The van der Waals surface area contributed by atoms with E-state index in [4.69, 9.17) is 9.56 Å². The first-order valence-corrected chi connectivity index (χ1v) is 8.83. The van der Waals surface area contributed by atoms with Gasteiger partial charge in [0.2, 0.25) is 5.09 Å². The fourth-order valence-electron chi connectivity index (χ4n) is 3.93. The summed E-state index contributed by atoms with van der Waals surface area (Å²) in [5, 5.41) is 8.32. The molecule has 2 aliphatic rings. The van der Waals surface area contributed by atoms with Gasteiger partial charge in [-0.05, 0) is 56.1 Å². The molecular formula is C14H22N2O3S. The van der Waals surface area contributed by atoms with E-state index in [1.165, 1.54) is 31.7 Å². The lowest BCUT2D eigenvalue weighted by atomic mass is 9.84. The topological polar surface area (TPSA) is 85.3 Å². The zero-order valence-electron chi connectivity index (χ0n) is 11.7. The lowest BCUT2D eigenvalue weighted by molar-refractivity contribution is 0.253. The van der Waals surface area contributed by atoms with E-state index in [-0.39, 0.29) is 5.09 Å². The van der Waals surface area contributed by atoms with E-state index in [1.54, 1.807) is 6.07 Å². The van der Waals surface area contributed by atoms with Gasteiger partial charge in [-0.1, -0.05) is 6.42 Å². The highest BCUT2D eigenvalue weighted by Gasteiger charge is 2.41. The molecule has 4 unspecified atom stereocenters. The van der Waals surface area contributed by atoms with Gasteiger partial charge < -0.3 is 9.73 Å². The molecule has 0 aromatic carbocycles. The van der Waals surface area contributed by atoms with Gasteiger partial charge in [-0.3, -0.25) is 0 Å². The minimum absolute atomic E-state index is 0.165. The maximum absolute atomic E-state index is 11.1. The highest BCUT2D eigenvalue weighted by molar-refractivity contribution is 7.89. The molecule has 3 rings (SSSR count). The molecule has 2 bridgehead atoms. The first kappa shape index (κ1) is 14.1. The molecular weight excluding hydrogens is 276 g/mol. The summed E-state index contributed by atoms with van der Waals surface area (Å²) in [7, 11) is -3.74. The van der Waals surface area contributed by atoms with E-state index in [1.807, 2.05) is 0 Å². The molecule has 0 amide bonds. The molecule has 0 spiro atoms. The number of fused-ring (bicyclic) bond motifs is 2. The van der Waals surface area contributed by atoms with Gasteiger partial charge in [0.05, 0.1) is 6.54 Å². The molecule has 1 aromatic heterocycles. The summed E-state index contributed by atoms with van der Waals surface area (Å²) in [5.41, 5.74) is 0. The first-order chi connectivity index (χ1) is 9.43. The molecule has 3 N–H and O–H groups in total. The van der Waals surface area contributed by atoms with E-state index >= 15 is 0 Å². The molecule has 0 saturated heterocycles. The van der Waals surface area contributed by atoms with E-state index in [0.717, 1.165) is 17.8 Å². The molecule has 1 aromatic rings. The van der Waals surface area contributed by atoms with Crippen LogP contribution < -0.4 is 10.5 Å². The third kappa shape index (κ3) is 2.77. The lowest BCUT2D eigenvalue weighted by Gasteiger charge is -2.28. The minimum Gasteiger partial charge on any atom is -0.447 e. The summed E-state index contributed by atoms with van der Waals surface area (Å²) in [6.45, 7) is 2.76. The third-order valence-corrected chi connectivity index (χ3v) is 5.73. The maximum atomic E-state index is 11.1. The van der Waals surface area contributed by atoms with Crippen LogP contribution in [0.15, 0.2) is 21.6 Å². The van der Waals surface area contributed by atoms with Gasteiger partial charge in [0.15, 0.2) is 0 Å². The second-order valence-electron chi connectivity index (χ2n) is 6.27. The fraction of sp³-hybridized carbons (Fsp3) is 0.714. The Morgan fingerprint density at radius 1 is 1.40 bits per heavy atom. The smallest absolute Gasteiger partial charge is 0.271 e. The van der Waals surface area contributed by atoms with Crippen LogP contribution in [-0.4, -0.2) is 14.5 Å². The van der Waals surface area contributed by atoms with Gasteiger partial charge in [-0.15, -0.1) is 0 Å².